The first kappa shape index (κ1) is 29.8. The fraction of sp³-hybridized carbons (Fsp3) is 0.714. The first-order valence-electron chi connectivity index (χ1n) is 11.6. The molecule has 0 bridgehead atoms. The molecule has 10 N–H and O–H groups in total. The van der Waals surface area contributed by atoms with Crippen LogP contribution in [0.15, 0.2) is 0 Å². The molecule has 4 amide bonds. The van der Waals surface area contributed by atoms with Crippen LogP contribution in [0.1, 0.15) is 57.8 Å². The van der Waals surface area contributed by atoms with Gasteiger partial charge in [-0.05, 0) is 51.5 Å². The summed E-state index contributed by atoms with van der Waals surface area (Å²) in [6.07, 6.45) is 1.09. The third-order valence-electron chi connectivity index (χ3n) is 5.70. The number of aliphatic carboxylic acids is 2. The first-order valence-corrected chi connectivity index (χ1v) is 11.6. The maximum absolute atomic E-state index is 13.1. The Morgan fingerprint density at radius 2 is 1.57 bits per heavy atom. The topological polar surface area (TPSA) is 248 Å². The molecule has 0 aromatic heterocycles. The molecule has 0 aliphatic carbocycles. The molecular formula is C21H36N6O8. The number of nitrogens with one attached hydrogen (secondary N) is 2. The molecule has 0 radical (unpaired) electrons. The molecule has 198 valence electrons. The molecule has 1 aliphatic rings. The average Bonchev–Trinajstić information content (AvgIpc) is 3.29. The Morgan fingerprint density at radius 1 is 0.914 bits per heavy atom. The van der Waals surface area contributed by atoms with Gasteiger partial charge in [-0.25, -0.2) is 4.79 Å². The van der Waals surface area contributed by atoms with Gasteiger partial charge in [0.15, 0.2) is 0 Å². The fourth-order valence-electron chi connectivity index (χ4n) is 3.75. The average molecular weight is 501 g/mol. The van der Waals surface area contributed by atoms with E-state index in [1.54, 1.807) is 0 Å². The zero-order chi connectivity index (χ0) is 26.5. The van der Waals surface area contributed by atoms with Crippen LogP contribution >= 0.6 is 0 Å². The van der Waals surface area contributed by atoms with Gasteiger partial charge in [-0.1, -0.05) is 0 Å². The zero-order valence-electron chi connectivity index (χ0n) is 19.6. The SMILES string of the molecule is NCCCCC(NC(=O)C(N)CCC(=O)O)C(=O)NC(CCC(N)=O)C(=O)N1CCCC1C(=O)O. The van der Waals surface area contributed by atoms with E-state index in [0.717, 1.165) is 4.90 Å². The van der Waals surface area contributed by atoms with Gasteiger partial charge in [0.1, 0.15) is 18.1 Å². The van der Waals surface area contributed by atoms with E-state index in [9.17, 15) is 33.9 Å². The van der Waals surface area contributed by atoms with Crippen molar-refractivity contribution in [1.29, 1.82) is 0 Å². The molecule has 0 spiro atoms. The van der Waals surface area contributed by atoms with Gasteiger partial charge in [0.05, 0.1) is 6.04 Å². The van der Waals surface area contributed by atoms with Crippen LogP contribution in [0, 0.1) is 0 Å². The third kappa shape index (κ3) is 10.3. The van der Waals surface area contributed by atoms with Crippen molar-refractivity contribution in [3.63, 3.8) is 0 Å². The third-order valence-corrected chi connectivity index (χ3v) is 5.70. The van der Waals surface area contributed by atoms with Crippen molar-refractivity contribution in [3.8, 4) is 0 Å². The van der Waals surface area contributed by atoms with Gasteiger partial charge in [0.25, 0.3) is 0 Å². The fourth-order valence-corrected chi connectivity index (χ4v) is 3.75. The molecule has 1 saturated heterocycles. The molecule has 0 aromatic carbocycles. The summed E-state index contributed by atoms with van der Waals surface area (Å²) in [4.78, 5) is 73.3. The van der Waals surface area contributed by atoms with E-state index >= 15 is 0 Å². The molecule has 4 unspecified atom stereocenters. The predicted octanol–water partition coefficient (Wildman–Crippen LogP) is -2.38. The highest BCUT2D eigenvalue weighted by Gasteiger charge is 2.38. The molecule has 4 atom stereocenters. The van der Waals surface area contributed by atoms with Crippen molar-refractivity contribution < 1.29 is 39.0 Å². The number of unbranched alkanes of at least 4 members (excludes halogenated alkanes) is 1. The van der Waals surface area contributed by atoms with E-state index in [0.29, 0.717) is 25.8 Å². The Balaban J connectivity index is 2.99. The van der Waals surface area contributed by atoms with Crippen molar-refractivity contribution in [2.75, 3.05) is 13.1 Å². The van der Waals surface area contributed by atoms with Gasteiger partial charge in [-0.3, -0.25) is 24.0 Å². The normalized spacial score (nSPS) is 17.8. The number of hydrogen-bond donors (Lipinski definition) is 7. The molecule has 1 heterocycles. The lowest BCUT2D eigenvalue weighted by Gasteiger charge is -2.29. The lowest BCUT2D eigenvalue weighted by Crippen LogP contribution is -2.57. The Bertz CT molecular complexity index is 792. The maximum Gasteiger partial charge on any atom is 0.326 e. The number of likely N-dealkylation sites (tertiary alicyclic amines) is 1. The minimum atomic E-state index is -1.23. The summed E-state index contributed by atoms with van der Waals surface area (Å²) in [7, 11) is 0. The second-order valence-electron chi connectivity index (χ2n) is 8.48. The molecule has 1 aliphatic heterocycles. The monoisotopic (exact) mass is 500 g/mol. The number of carboxylic acid groups (broad SMARTS) is 2. The summed E-state index contributed by atoms with van der Waals surface area (Å²) in [5.41, 5.74) is 16.4. The van der Waals surface area contributed by atoms with Crippen LogP contribution in [0.5, 0.6) is 0 Å². The quantitative estimate of drug-likeness (QED) is 0.111. The van der Waals surface area contributed by atoms with E-state index < -0.39 is 59.7 Å². The van der Waals surface area contributed by atoms with Crippen molar-refractivity contribution >= 4 is 35.6 Å². The number of hydrogen-bond acceptors (Lipinski definition) is 8. The molecule has 35 heavy (non-hydrogen) atoms. The van der Waals surface area contributed by atoms with Gasteiger partial charge >= 0.3 is 11.9 Å². The number of primary amides is 1. The number of rotatable bonds is 16. The molecule has 14 heteroatoms. The van der Waals surface area contributed by atoms with E-state index in [2.05, 4.69) is 10.6 Å². The van der Waals surface area contributed by atoms with Crippen LogP contribution in [0.2, 0.25) is 0 Å². The van der Waals surface area contributed by atoms with Gasteiger partial charge < -0.3 is 42.9 Å². The number of nitrogens with two attached hydrogens (primary N) is 3. The standard InChI is InChI=1S/C21H36N6O8/c22-10-2-1-4-13(25-18(31)12(23)6-9-17(29)30)19(32)26-14(7-8-16(24)28)20(33)27-11-3-5-15(27)21(34)35/h12-15H,1-11,22-23H2,(H2,24,28)(H,25,31)(H,26,32)(H,29,30)(H,34,35). The Morgan fingerprint density at radius 3 is 2.14 bits per heavy atom. The minimum absolute atomic E-state index is 0.135. The molecule has 14 nitrogen and oxygen atoms in total. The van der Waals surface area contributed by atoms with Gasteiger partial charge in [0, 0.05) is 19.4 Å². The molecular weight excluding hydrogens is 464 g/mol. The van der Waals surface area contributed by atoms with Crippen molar-refractivity contribution in [2.24, 2.45) is 17.2 Å². The zero-order valence-corrected chi connectivity index (χ0v) is 19.6. The number of carbonyl (C=O) groups excluding carboxylic acids is 4. The smallest absolute Gasteiger partial charge is 0.326 e. The van der Waals surface area contributed by atoms with E-state index in [1.165, 1.54) is 0 Å². The summed E-state index contributed by atoms with van der Waals surface area (Å²) in [6.45, 7) is 0.541. The summed E-state index contributed by atoms with van der Waals surface area (Å²) in [6, 6.07) is -4.54. The maximum atomic E-state index is 13.1. The minimum Gasteiger partial charge on any atom is -0.481 e. The van der Waals surface area contributed by atoms with Crippen LogP contribution in [-0.4, -0.2) is 87.9 Å². The van der Waals surface area contributed by atoms with Crippen molar-refractivity contribution in [3.05, 3.63) is 0 Å². The number of nitrogens with zero attached hydrogens (tertiary/aromatic N) is 1. The Labute approximate surface area is 202 Å². The highest BCUT2D eigenvalue weighted by molar-refractivity contribution is 5.94. The van der Waals surface area contributed by atoms with Crippen molar-refractivity contribution in [1.82, 2.24) is 15.5 Å². The summed E-state index contributed by atoms with van der Waals surface area (Å²) in [5.74, 6) is -5.11. The summed E-state index contributed by atoms with van der Waals surface area (Å²) < 4.78 is 0. The van der Waals surface area contributed by atoms with Gasteiger partial charge in [-0.15, -0.1) is 0 Å². The molecule has 0 saturated carbocycles. The number of amides is 4. The van der Waals surface area contributed by atoms with Gasteiger partial charge in [-0.2, -0.15) is 0 Å². The van der Waals surface area contributed by atoms with E-state index in [4.69, 9.17) is 22.3 Å². The first-order chi connectivity index (χ1) is 16.5. The second-order valence-corrected chi connectivity index (χ2v) is 8.48. The van der Waals surface area contributed by atoms with Crippen LogP contribution in [-0.2, 0) is 28.8 Å². The number of carbonyl (C=O) groups is 6. The Kier molecular flexibility index (Phi) is 12.7. The van der Waals surface area contributed by atoms with Crippen LogP contribution in [0.4, 0.5) is 0 Å². The number of carboxylic acids is 2. The summed E-state index contributed by atoms with van der Waals surface area (Å²) >= 11 is 0. The highest BCUT2D eigenvalue weighted by Crippen LogP contribution is 2.20. The predicted molar refractivity (Wildman–Crippen MR) is 122 cm³/mol. The van der Waals surface area contributed by atoms with E-state index in [-0.39, 0.29) is 45.1 Å². The molecule has 0 aromatic rings. The molecule has 1 rings (SSSR count). The lowest BCUT2D eigenvalue weighted by atomic mass is 10.0. The summed E-state index contributed by atoms with van der Waals surface area (Å²) in [5, 5.41) is 23.2. The van der Waals surface area contributed by atoms with Gasteiger partial charge in [0.2, 0.25) is 23.6 Å². The van der Waals surface area contributed by atoms with Crippen LogP contribution in [0.3, 0.4) is 0 Å². The van der Waals surface area contributed by atoms with Crippen LogP contribution < -0.4 is 27.8 Å². The van der Waals surface area contributed by atoms with E-state index in [1.807, 2.05) is 0 Å². The highest BCUT2D eigenvalue weighted by atomic mass is 16.4. The van der Waals surface area contributed by atoms with Crippen molar-refractivity contribution in [2.45, 2.75) is 82.0 Å². The second kappa shape index (κ2) is 14.9. The lowest BCUT2D eigenvalue weighted by molar-refractivity contribution is -0.149. The largest absolute Gasteiger partial charge is 0.481 e. The van der Waals surface area contributed by atoms with Crippen LogP contribution in [0.25, 0.3) is 0 Å². The molecule has 1 fully saturated rings. The Hall–Kier alpha value is -3.26.